The van der Waals surface area contributed by atoms with Crippen molar-refractivity contribution in [1.82, 2.24) is 10.5 Å². The molecule has 0 saturated carbocycles. The first kappa shape index (κ1) is 9.25. The van der Waals surface area contributed by atoms with E-state index in [1.54, 1.807) is 0 Å². The zero-order valence-corrected chi connectivity index (χ0v) is 8.43. The number of hydrogen-bond acceptors (Lipinski definition) is 3. The number of amides is 1. The van der Waals surface area contributed by atoms with Crippen molar-refractivity contribution in [2.45, 2.75) is 20.4 Å². The molecule has 0 aliphatic heterocycles. The molecular weight excluding hydrogens is 224 g/mol. The summed E-state index contributed by atoms with van der Waals surface area (Å²) >= 11 is 3.29. The molecule has 1 aromatic rings. The van der Waals surface area contributed by atoms with E-state index in [1.807, 2.05) is 6.92 Å². The molecule has 1 rings (SSSR count). The lowest BCUT2D eigenvalue weighted by Gasteiger charge is -1.96. The van der Waals surface area contributed by atoms with Gasteiger partial charge < -0.3 is 9.84 Å². The van der Waals surface area contributed by atoms with Crippen LogP contribution in [-0.4, -0.2) is 11.1 Å². The van der Waals surface area contributed by atoms with Gasteiger partial charge in [0.25, 0.3) is 0 Å². The highest BCUT2D eigenvalue weighted by Gasteiger charge is 2.09. The van der Waals surface area contributed by atoms with E-state index in [2.05, 4.69) is 26.4 Å². The van der Waals surface area contributed by atoms with Crippen LogP contribution in [0.2, 0.25) is 0 Å². The number of rotatable bonds is 2. The molecule has 1 amide bonds. The standard InChI is InChI=1S/C7H9BrN2O2/c1-4-7(8)6(12-10-4)3-9-5(2)11/h3H2,1-2H3,(H,9,11). The highest BCUT2D eigenvalue weighted by atomic mass is 79.9. The lowest BCUT2D eigenvalue weighted by atomic mass is 10.4. The summed E-state index contributed by atoms with van der Waals surface area (Å²) in [6.07, 6.45) is 0. The molecule has 4 nitrogen and oxygen atoms in total. The number of carbonyl (C=O) groups excluding carboxylic acids is 1. The lowest BCUT2D eigenvalue weighted by Crippen LogP contribution is -2.18. The van der Waals surface area contributed by atoms with Gasteiger partial charge in [0.05, 0.1) is 16.7 Å². The van der Waals surface area contributed by atoms with E-state index in [9.17, 15) is 4.79 Å². The molecule has 1 heterocycles. The Labute approximate surface area is 78.4 Å². The third-order valence-corrected chi connectivity index (χ3v) is 2.37. The Morgan fingerprint density at radius 2 is 2.42 bits per heavy atom. The van der Waals surface area contributed by atoms with Gasteiger partial charge in [-0.3, -0.25) is 4.79 Å². The van der Waals surface area contributed by atoms with Crippen molar-refractivity contribution in [1.29, 1.82) is 0 Å². The summed E-state index contributed by atoms with van der Waals surface area (Å²) in [6, 6.07) is 0. The Kier molecular flexibility index (Phi) is 2.86. The second-order valence-corrected chi connectivity index (χ2v) is 3.21. The van der Waals surface area contributed by atoms with Gasteiger partial charge in [-0.2, -0.15) is 0 Å². The van der Waals surface area contributed by atoms with Crippen LogP contribution in [0.5, 0.6) is 0 Å². The first-order valence-corrected chi connectivity index (χ1v) is 4.25. The van der Waals surface area contributed by atoms with E-state index in [0.29, 0.717) is 12.3 Å². The van der Waals surface area contributed by atoms with Gasteiger partial charge >= 0.3 is 0 Å². The van der Waals surface area contributed by atoms with Crippen molar-refractivity contribution in [3.8, 4) is 0 Å². The topological polar surface area (TPSA) is 55.1 Å². The lowest BCUT2D eigenvalue weighted by molar-refractivity contribution is -0.119. The van der Waals surface area contributed by atoms with Crippen LogP contribution in [0.3, 0.4) is 0 Å². The summed E-state index contributed by atoms with van der Waals surface area (Å²) in [6.45, 7) is 3.65. The number of nitrogens with one attached hydrogen (secondary N) is 1. The summed E-state index contributed by atoms with van der Waals surface area (Å²) in [4.78, 5) is 10.5. The van der Waals surface area contributed by atoms with Gasteiger partial charge in [0.2, 0.25) is 5.91 Å². The fourth-order valence-electron chi connectivity index (χ4n) is 0.720. The molecule has 0 spiro atoms. The van der Waals surface area contributed by atoms with Crippen molar-refractivity contribution in [2.75, 3.05) is 0 Å². The van der Waals surface area contributed by atoms with Gasteiger partial charge in [0.15, 0.2) is 5.76 Å². The van der Waals surface area contributed by atoms with Crippen molar-refractivity contribution in [2.24, 2.45) is 0 Å². The van der Waals surface area contributed by atoms with E-state index in [-0.39, 0.29) is 5.91 Å². The molecule has 5 heteroatoms. The predicted octanol–water partition coefficient (Wildman–Crippen LogP) is 1.38. The normalized spacial score (nSPS) is 9.92. The van der Waals surface area contributed by atoms with Gasteiger partial charge in [0.1, 0.15) is 0 Å². The van der Waals surface area contributed by atoms with Gasteiger partial charge in [-0.25, -0.2) is 0 Å². The summed E-state index contributed by atoms with van der Waals surface area (Å²) in [7, 11) is 0. The van der Waals surface area contributed by atoms with Crippen molar-refractivity contribution in [3.63, 3.8) is 0 Å². The molecule has 0 fully saturated rings. The molecule has 0 atom stereocenters. The van der Waals surface area contributed by atoms with Gasteiger partial charge in [0, 0.05) is 6.92 Å². The third kappa shape index (κ3) is 2.07. The number of hydrogen-bond donors (Lipinski definition) is 1. The first-order chi connectivity index (χ1) is 5.61. The summed E-state index contributed by atoms with van der Waals surface area (Å²) in [5.41, 5.74) is 0.787. The van der Waals surface area contributed by atoms with Gasteiger partial charge in [-0.1, -0.05) is 5.16 Å². The van der Waals surface area contributed by atoms with Crippen LogP contribution in [0.15, 0.2) is 9.00 Å². The average molecular weight is 233 g/mol. The third-order valence-electron chi connectivity index (χ3n) is 1.35. The van der Waals surface area contributed by atoms with Crippen LogP contribution in [0, 0.1) is 6.92 Å². The Morgan fingerprint density at radius 1 is 1.75 bits per heavy atom. The van der Waals surface area contributed by atoms with E-state index in [4.69, 9.17) is 4.52 Å². The average Bonchev–Trinajstić information content (AvgIpc) is 2.30. The quantitative estimate of drug-likeness (QED) is 0.839. The summed E-state index contributed by atoms with van der Waals surface area (Å²) in [5.74, 6) is 0.554. The molecule has 0 unspecified atom stereocenters. The monoisotopic (exact) mass is 232 g/mol. The predicted molar refractivity (Wildman–Crippen MR) is 46.5 cm³/mol. The maximum Gasteiger partial charge on any atom is 0.217 e. The van der Waals surface area contributed by atoms with E-state index < -0.39 is 0 Å². The second-order valence-electron chi connectivity index (χ2n) is 2.41. The van der Waals surface area contributed by atoms with Crippen molar-refractivity contribution >= 4 is 21.8 Å². The van der Waals surface area contributed by atoms with E-state index >= 15 is 0 Å². The molecular formula is C7H9BrN2O2. The smallest absolute Gasteiger partial charge is 0.217 e. The fourth-order valence-corrected chi connectivity index (χ4v) is 1.01. The zero-order valence-electron chi connectivity index (χ0n) is 6.85. The molecule has 1 N–H and O–H groups in total. The van der Waals surface area contributed by atoms with Crippen molar-refractivity contribution < 1.29 is 9.32 Å². The largest absolute Gasteiger partial charge is 0.358 e. The Balaban J connectivity index is 2.63. The Morgan fingerprint density at radius 3 is 2.83 bits per heavy atom. The summed E-state index contributed by atoms with van der Waals surface area (Å²) in [5, 5.41) is 6.33. The highest BCUT2D eigenvalue weighted by molar-refractivity contribution is 9.10. The maximum atomic E-state index is 10.5. The number of aryl methyl sites for hydroxylation is 1. The summed E-state index contributed by atoms with van der Waals surface area (Å²) < 4.78 is 5.75. The second kappa shape index (κ2) is 3.71. The molecule has 0 radical (unpaired) electrons. The molecule has 0 aromatic carbocycles. The minimum Gasteiger partial charge on any atom is -0.358 e. The first-order valence-electron chi connectivity index (χ1n) is 3.46. The van der Waals surface area contributed by atoms with Crippen LogP contribution in [0.4, 0.5) is 0 Å². The number of halogens is 1. The molecule has 0 aliphatic rings. The molecule has 0 bridgehead atoms. The van der Waals surface area contributed by atoms with Crippen LogP contribution >= 0.6 is 15.9 Å². The maximum absolute atomic E-state index is 10.5. The number of aromatic nitrogens is 1. The molecule has 66 valence electrons. The highest BCUT2D eigenvalue weighted by Crippen LogP contribution is 2.19. The van der Waals surface area contributed by atoms with Crippen LogP contribution in [0.25, 0.3) is 0 Å². The molecule has 0 saturated heterocycles. The molecule has 1 aromatic heterocycles. The minimum atomic E-state index is -0.0871. The van der Waals surface area contributed by atoms with Crippen LogP contribution in [-0.2, 0) is 11.3 Å². The number of nitrogens with zero attached hydrogens (tertiary/aromatic N) is 1. The Hall–Kier alpha value is -0.840. The van der Waals surface area contributed by atoms with Crippen LogP contribution in [0.1, 0.15) is 18.4 Å². The minimum absolute atomic E-state index is 0.0871. The zero-order chi connectivity index (χ0) is 9.14. The van der Waals surface area contributed by atoms with Crippen molar-refractivity contribution in [3.05, 3.63) is 15.9 Å². The van der Waals surface area contributed by atoms with E-state index in [1.165, 1.54) is 6.92 Å². The fraction of sp³-hybridized carbons (Fsp3) is 0.429. The van der Waals surface area contributed by atoms with Gasteiger partial charge in [-0.15, -0.1) is 0 Å². The molecule has 0 aliphatic carbocycles. The molecule has 12 heavy (non-hydrogen) atoms. The van der Waals surface area contributed by atoms with E-state index in [0.717, 1.165) is 10.2 Å². The Bertz CT molecular complexity index is 296. The van der Waals surface area contributed by atoms with Gasteiger partial charge in [-0.05, 0) is 22.9 Å². The number of carbonyl (C=O) groups is 1. The SMILES string of the molecule is CC(=O)NCc1onc(C)c1Br. The van der Waals surface area contributed by atoms with Crippen LogP contribution < -0.4 is 5.32 Å².